The number of hydrogen-bond donors (Lipinski definition) is 1. The third-order valence-corrected chi connectivity index (χ3v) is 2.32. The highest BCUT2D eigenvalue weighted by atomic mass is 19.1. The van der Waals surface area contributed by atoms with Crippen LogP contribution in [-0.4, -0.2) is 26.4 Å². The molecule has 0 aliphatic rings. The summed E-state index contributed by atoms with van der Waals surface area (Å²) in [6.45, 7) is 4.36. The molecule has 1 atom stereocenters. The first kappa shape index (κ1) is 14.1. The van der Waals surface area contributed by atoms with E-state index in [1.807, 2.05) is 0 Å². The Morgan fingerprint density at radius 1 is 1.12 bits per heavy atom. The summed E-state index contributed by atoms with van der Waals surface area (Å²) in [4.78, 5) is 0. The van der Waals surface area contributed by atoms with E-state index in [0.29, 0.717) is 19.8 Å². The van der Waals surface area contributed by atoms with Gasteiger partial charge in [-0.15, -0.1) is 0 Å². The maximum atomic E-state index is 12.7. The average Bonchev–Trinajstić information content (AvgIpc) is 2.34. The van der Waals surface area contributed by atoms with Crippen LogP contribution in [0.2, 0.25) is 0 Å². The van der Waals surface area contributed by atoms with Gasteiger partial charge in [0.15, 0.2) is 0 Å². The lowest BCUT2D eigenvalue weighted by Gasteiger charge is -2.12. The molecule has 1 rings (SSSR count). The van der Waals surface area contributed by atoms with Gasteiger partial charge in [0, 0.05) is 6.61 Å². The Morgan fingerprint density at radius 3 is 2.41 bits per heavy atom. The zero-order valence-electron chi connectivity index (χ0n) is 10.2. The quantitative estimate of drug-likeness (QED) is 0.710. The molecule has 0 aliphatic carbocycles. The topological polar surface area (TPSA) is 44.5 Å². The van der Waals surface area contributed by atoms with Gasteiger partial charge in [-0.1, -0.05) is 19.1 Å². The second kappa shape index (κ2) is 8.17. The molecule has 4 heteroatoms. The predicted molar refractivity (Wildman–Crippen MR) is 65.3 cm³/mol. The van der Waals surface area contributed by atoms with Gasteiger partial charge in [-0.05, 0) is 24.1 Å². The Labute approximate surface area is 102 Å². The maximum absolute atomic E-state index is 12.7. The summed E-state index contributed by atoms with van der Waals surface area (Å²) in [6.07, 6.45) is 1.01. The lowest BCUT2D eigenvalue weighted by molar-refractivity contribution is 0.0428. The van der Waals surface area contributed by atoms with E-state index in [0.717, 1.165) is 18.6 Å². The molecule has 96 valence electrons. The normalized spacial score (nSPS) is 12.6. The second-order valence-corrected chi connectivity index (χ2v) is 3.85. The average molecular weight is 241 g/mol. The summed E-state index contributed by atoms with van der Waals surface area (Å²) >= 11 is 0. The fraction of sp³-hybridized carbons (Fsp3) is 0.538. The summed E-state index contributed by atoms with van der Waals surface area (Å²) in [5, 5.41) is 0. The second-order valence-electron chi connectivity index (χ2n) is 3.85. The van der Waals surface area contributed by atoms with E-state index in [2.05, 4.69) is 6.92 Å². The summed E-state index contributed by atoms with van der Waals surface area (Å²) < 4.78 is 23.3. The van der Waals surface area contributed by atoms with E-state index in [1.165, 1.54) is 12.1 Å². The highest BCUT2D eigenvalue weighted by molar-refractivity contribution is 5.19. The predicted octanol–water partition coefficient (Wildman–Crippen LogP) is 2.27. The standard InChI is InChI=1S/C13H20FNO2/c1-2-7-16-8-9-17-10-13(15)11-3-5-12(14)6-4-11/h3-6,13H,2,7-10,15H2,1H3. The Morgan fingerprint density at radius 2 is 1.76 bits per heavy atom. The minimum Gasteiger partial charge on any atom is -0.379 e. The Bertz CT molecular complexity index is 303. The number of hydrogen-bond acceptors (Lipinski definition) is 3. The highest BCUT2D eigenvalue weighted by Gasteiger charge is 2.05. The molecular weight excluding hydrogens is 221 g/mol. The molecule has 0 bridgehead atoms. The van der Waals surface area contributed by atoms with Crippen molar-refractivity contribution in [1.29, 1.82) is 0 Å². The largest absolute Gasteiger partial charge is 0.379 e. The van der Waals surface area contributed by atoms with Crippen molar-refractivity contribution in [1.82, 2.24) is 0 Å². The molecule has 0 fully saturated rings. The summed E-state index contributed by atoms with van der Waals surface area (Å²) in [6, 6.07) is 5.94. The number of ether oxygens (including phenoxy) is 2. The van der Waals surface area contributed by atoms with Crippen LogP contribution in [0.5, 0.6) is 0 Å². The first-order valence-corrected chi connectivity index (χ1v) is 5.90. The highest BCUT2D eigenvalue weighted by Crippen LogP contribution is 2.11. The van der Waals surface area contributed by atoms with Gasteiger partial charge < -0.3 is 15.2 Å². The summed E-state index contributed by atoms with van der Waals surface area (Å²) in [5.41, 5.74) is 6.77. The van der Waals surface area contributed by atoms with E-state index >= 15 is 0 Å². The van der Waals surface area contributed by atoms with Gasteiger partial charge in [-0.25, -0.2) is 4.39 Å². The molecule has 0 amide bonds. The SMILES string of the molecule is CCCOCCOCC(N)c1ccc(F)cc1. The van der Waals surface area contributed by atoms with Crippen LogP contribution in [0.25, 0.3) is 0 Å². The molecule has 0 saturated heterocycles. The molecule has 1 unspecified atom stereocenters. The number of rotatable bonds is 8. The summed E-state index contributed by atoms with van der Waals surface area (Å²) in [5.74, 6) is -0.255. The fourth-order valence-corrected chi connectivity index (χ4v) is 1.38. The molecular formula is C13H20FNO2. The van der Waals surface area contributed by atoms with Crippen LogP contribution in [0.3, 0.4) is 0 Å². The summed E-state index contributed by atoms with van der Waals surface area (Å²) in [7, 11) is 0. The van der Waals surface area contributed by atoms with Crippen LogP contribution in [0, 0.1) is 5.82 Å². The Kier molecular flexibility index (Phi) is 6.77. The van der Waals surface area contributed by atoms with Crippen molar-refractivity contribution >= 4 is 0 Å². The molecule has 17 heavy (non-hydrogen) atoms. The van der Waals surface area contributed by atoms with Crippen molar-refractivity contribution in [2.75, 3.05) is 26.4 Å². The third-order valence-electron chi connectivity index (χ3n) is 2.32. The number of nitrogens with two attached hydrogens (primary N) is 1. The molecule has 0 saturated carbocycles. The molecule has 1 aromatic carbocycles. The lowest BCUT2D eigenvalue weighted by Crippen LogP contribution is -2.18. The van der Waals surface area contributed by atoms with Crippen molar-refractivity contribution in [2.45, 2.75) is 19.4 Å². The van der Waals surface area contributed by atoms with Gasteiger partial charge >= 0.3 is 0 Å². The smallest absolute Gasteiger partial charge is 0.123 e. The van der Waals surface area contributed by atoms with E-state index in [1.54, 1.807) is 12.1 Å². The van der Waals surface area contributed by atoms with Gasteiger partial charge in [0.1, 0.15) is 5.82 Å². The number of halogens is 1. The minimum atomic E-state index is -0.255. The zero-order valence-corrected chi connectivity index (χ0v) is 10.2. The Hall–Kier alpha value is -0.970. The van der Waals surface area contributed by atoms with Crippen LogP contribution in [0.1, 0.15) is 24.9 Å². The lowest BCUT2D eigenvalue weighted by atomic mass is 10.1. The van der Waals surface area contributed by atoms with E-state index in [9.17, 15) is 4.39 Å². The molecule has 0 aliphatic heterocycles. The van der Waals surface area contributed by atoms with Gasteiger partial charge in [-0.3, -0.25) is 0 Å². The van der Waals surface area contributed by atoms with Gasteiger partial charge in [0.25, 0.3) is 0 Å². The van der Waals surface area contributed by atoms with E-state index < -0.39 is 0 Å². The molecule has 0 heterocycles. The zero-order chi connectivity index (χ0) is 12.5. The van der Waals surface area contributed by atoms with Crippen molar-refractivity contribution in [3.8, 4) is 0 Å². The van der Waals surface area contributed by atoms with Crippen LogP contribution >= 0.6 is 0 Å². The molecule has 2 N–H and O–H groups in total. The van der Waals surface area contributed by atoms with E-state index in [-0.39, 0.29) is 11.9 Å². The molecule has 0 radical (unpaired) electrons. The first-order chi connectivity index (χ1) is 8.24. The first-order valence-electron chi connectivity index (χ1n) is 5.90. The van der Waals surface area contributed by atoms with Crippen molar-refractivity contribution in [3.63, 3.8) is 0 Å². The van der Waals surface area contributed by atoms with Crippen LogP contribution < -0.4 is 5.73 Å². The monoisotopic (exact) mass is 241 g/mol. The molecule has 0 spiro atoms. The van der Waals surface area contributed by atoms with Crippen molar-refractivity contribution < 1.29 is 13.9 Å². The van der Waals surface area contributed by atoms with Gasteiger partial charge in [0.05, 0.1) is 25.9 Å². The van der Waals surface area contributed by atoms with Crippen molar-refractivity contribution in [3.05, 3.63) is 35.6 Å². The molecule has 0 aromatic heterocycles. The maximum Gasteiger partial charge on any atom is 0.123 e. The molecule has 1 aromatic rings. The third kappa shape index (κ3) is 5.77. The van der Waals surface area contributed by atoms with Crippen molar-refractivity contribution in [2.24, 2.45) is 5.73 Å². The minimum absolute atomic E-state index is 0.221. The van der Waals surface area contributed by atoms with E-state index in [4.69, 9.17) is 15.2 Å². The van der Waals surface area contributed by atoms with Crippen LogP contribution in [0.15, 0.2) is 24.3 Å². The molecule has 3 nitrogen and oxygen atoms in total. The van der Waals surface area contributed by atoms with Gasteiger partial charge in [-0.2, -0.15) is 0 Å². The van der Waals surface area contributed by atoms with Crippen LogP contribution in [-0.2, 0) is 9.47 Å². The Balaban J connectivity index is 2.16. The van der Waals surface area contributed by atoms with Gasteiger partial charge in [0.2, 0.25) is 0 Å². The fourth-order valence-electron chi connectivity index (χ4n) is 1.38. The number of benzene rings is 1. The van der Waals surface area contributed by atoms with Crippen LogP contribution in [0.4, 0.5) is 4.39 Å².